The smallest absolute Gasteiger partial charge is 0.324 e. The van der Waals surface area contributed by atoms with E-state index < -0.39 is 0 Å². The molecule has 2 amide bonds. The second kappa shape index (κ2) is 5.09. The average molecular weight is 273 g/mol. The van der Waals surface area contributed by atoms with Crippen LogP contribution >= 0.6 is 0 Å². The minimum atomic E-state index is -0.205. The first-order chi connectivity index (χ1) is 9.60. The van der Waals surface area contributed by atoms with E-state index in [9.17, 15) is 4.79 Å². The fraction of sp³-hybridized carbons (Fsp3) is 0.562. The van der Waals surface area contributed by atoms with Crippen molar-refractivity contribution in [2.75, 3.05) is 25.0 Å². The maximum absolute atomic E-state index is 12.1. The van der Waals surface area contributed by atoms with Gasteiger partial charge in [-0.2, -0.15) is 0 Å². The predicted molar refractivity (Wildman–Crippen MR) is 80.8 cm³/mol. The molecule has 0 bridgehead atoms. The van der Waals surface area contributed by atoms with E-state index in [2.05, 4.69) is 12.1 Å². The second-order valence-electron chi connectivity index (χ2n) is 6.12. The fourth-order valence-electron chi connectivity index (χ4n) is 3.34. The minimum absolute atomic E-state index is 0.0804. The van der Waals surface area contributed by atoms with Crippen LogP contribution in [0.3, 0.4) is 0 Å². The summed E-state index contributed by atoms with van der Waals surface area (Å²) in [5.41, 5.74) is 8.55. The number of rotatable bonds is 2. The van der Waals surface area contributed by atoms with Crippen LogP contribution in [0.2, 0.25) is 0 Å². The van der Waals surface area contributed by atoms with Crippen LogP contribution in [0.15, 0.2) is 24.3 Å². The highest BCUT2D eigenvalue weighted by molar-refractivity contribution is 5.94. The molecule has 20 heavy (non-hydrogen) atoms. The van der Waals surface area contributed by atoms with Gasteiger partial charge in [0.05, 0.1) is 0 Å². The Bertz CT molecular complexity index is 508. The number of hydrogen-bond donors (Lipinski definition) is 1. The Morgan fingerprint density at radius 3 is 2.55 bits per heavy atom. The van der Waals surface area contributed by atoms with E-state index >= 15 is 0 Å². The summed E-state index contributed by atoms with van der Waals surface area (Å²) >= 11 is 0. The van der Waals surface area contributed by atoms with Gasteiger partial charge in [0.25, 0.3) is 0 Å². The lowest BCUT2D eigenvalue weighted by atomic mass is 9.77. The molecule has 1 heterocycles. The van der Waals surface area contributed by atoms with Crippen molar-refractivity contribution in [1.29, 1.82) is 0 Å². The molecule has 0 atom stereocenters. The highest BCUT2D eigenvalue weighted by atomic mass is 16.2. The maximum atomic E-state index is 12.1. The molecule has 2 fully saturated rings. The topological polar surface area (TPSA) is 49.6 Å². The van der Waals surface area contributed by atoms with Gasteiger partial charge in [-0.25, -0.2) is 4.79 Å². The van der Waals surface area contributed by atoms with Crippen molar-refractivity contribution in [2.45, 2.75) is 37.6 Å². The fourth-order valence-corrected chi connectivity index (χ4v) is 3.34. The third-order valence-electron chi connectivity index (χ3n) is 4.69. The molecule has 0 spiro atoms. The van der Waals surface area contributed by atoms with E-state index in [1.807, 2.05) is 24.1 Å². The summed E-state index contributed by atoms with van der Waals surface area (Å²) in [6.07, 6.45) is 5.78. The Kier molecular flexibility index (Phi) is 3.42. The third-order valence-corrected chi connectivity index (χ3v) is 4.69. The number of benzene rings is 1. The molecular weight excluding hydrogens is 250 g/mol. The van der Waals surface area contributed by atoms with Gasteiger partial charge in [0.2, 0.25) is 0 Å². The van der Waals surface area contributed by atoms with Gasteiger partial charge >= 0.3 is 6.03 Å². The highest BCUT2D eigenvalue weighted by Crippen LogP contribution is 2.36. The molecule has 0 radical (unpaired) electrons. The Labute approximate surface area is 120 Å². The largest absolute Gasteiger partial charge is 0.326 e. The Morgan fingerprint density at radius 1 is 1.15 bits per heavy atom. The van der Waals surface area contributed by atoms with Gasteiger partial charge in [-0.3, -0.25) is 4.90 Å². The third kappa shape index (κ3) is 2.29. The molecule has 1 saturated carbocycles. The van der Waals surface area contributed by atoms with Crippen molar-refractivity contribution in [3.8, 4) is 0 Å². The number of hydrogen-bond acceptors (Lipinski definition) is 2. The summed E-state index contributed by atoms with van der Waals surface area (Å²) in [5, 5.41) is 0. The predicted octanol–water partition coefficient (Wildman–Crippen LogP) is 2.68. The standard InChI is InChI=1S/C16H23N3O/c1-18-10-11-19(15(18)20)14-7-5-6-13(12-14)16(17)8-3-2-4-9-16/h5-7,12H,2-4,8-11,17H2,1H3. The number of urea groups is 1. The Balaban J connectivity index is 1.88. The van der Waals surface area contributed by atoms with E-state index in [-0.39, 0.29) is 11.6 Å². The lowest BCUT2D eigenvalue weighted by molar-refractivity contribution is 0.229. The van der Waals surface area contributed by atoms with Crippen LogP contribution in [0.4, 0.5) is 10.5 Å². The van der Waals surface area contributed by atoms with Crippen molar-refractivity contribution in [3.63, 3.8) is 0 Å². The molecule has 1 aliphatic carbocycles. The molecule has 0 aromatic heterocycles. The summed E-state index contributed by atoms with van der Waals surface area (Å²) in [5.74, 6) is 0. The summed E-state index contributed by atoms with van der Waals surface area (Å²) in [7, 11) is 1.84. The molecular formula is C16H23N3O. The summed E-state index contributed by atoms with van der Waals surface area (Å²) in [4.78, 5) is 15.7. The lowest BCUT2D eigenvalue weighted by Crippen LogP contribution is -2.38. The van der Waals surface area contributed by atoms with E-state index in [4.69, 9.17) is 5.73 Å². The molecule has 108 valence electrons. The zero-order valence-corrected chi connectivity index (χ0v) is 12.1. The molecule has 1 aliphatic heterocycles. The lowest BCUT2D eigenvalue weighted by Gasteiger charge is -2.34. The van der Waals surface area contributed by atoms with Crippen LogP contribution < -0.4 is 10.6 Å². The summed E-state index contributed by atoms with van der Waals surface area (Å²) in [6.45, 7) is 1.55. The molecule has 1 aromatic carbocycles. The van der Waals surface area contributed by atoms with Crippen LogP contribution in [0.5, 0.6) is 0 Å². The van der Waals surface area contributed by atoms with Crippen LogP contribution in [-0.4, -0.2) is 31.1 Å². The zero-order valence-electron chi connectivity index (χ0n) is 12.1. The van der Waals surface area contributed by atoms with E-state index in [0.29, 0.717) is 0 Å². The molecule has 4 nitrogen and oxygen atoms in total. The molecule has 2 aliphatic rings. The maximum Gasteiger partial charge on any atom is 0.324 e. The van der Waals surface area contributed by atoms with Gasteiger partial charge in [0, 0.05) is 31.4 Å². The van der Waals surface area contributed by atoms with Crippen LogP contribution in [0.1, 0.15) is 37.7 Å². The van der Waals surface area contributed by atoms with Gasteiger partial charge in [-0.05, 0) is 30.5 Å². The highest BCUT2D eigenvalue weighted by Gasteiger charge is 2.31. The minimum Gasteiger partial charge on any atom is -0.326 e. The number of anilines is 1. The second-order valence-corrected chi connectivity index (χ2v) is 6.12. The van der Waals surface area contributed by atoms with Gasteiger partial charge < -0.3 is 10.6 Å². The van der Waals surface area contributed by atoms with Crippen molar-refractivity contribution >= 4 is 11.7 Å². The van der Waals surface area contributed by atoms with E-state index in [1.165, 1.54) is 24.8 Å². The molecule has 1 aromatic rings. The first-order valence-corrected chi connectivity index (χ1v) is 7.52. The number of nitrogens with two attached hydrogens (primary N) is 1. The molecule has 2 N–H and O–H groups in total. The van der Waals surface area contributed by atoms with Gasteiger partial charge in [-0.15, -0.1) is 0 Å². The molecule has 3 rings (SSSR count). The van der Waals surface area contributed by atoms with Crippen molar-refractivity contribution in [1.82, 2.24) is 4.90 Å². The Hall–Kier alpha value is -1.55. The van der Waals surface area contributed by atoms with Gasteiger partial charge in [0.15, 0.2) is 0 Å². The monoisotopic (exact) mass is 273 g/mol. The molecule has 0 unspecified atom stereocenters. The molecule has 4 heteroatoms. The number of carbonyl (C=O) groups is 1. The van der Waals surface area contributed by atoms with Gasteiger partial charge in [-0.1, -0.05) is 31.4 Å². The SMILES string of the molecule is CN1CCN(c2cccc(C3(N)CCCCC3)c2)C1=O. The Morgan fingerprint density at radius 2 is 1.90 bits per heavy atom. The first-order valence-electron chi connectivity index (χ1n) is 7.52. The summed E-state index contributed by atoms with van der Waals surface area (Å²) in [6, 6.07) is 8.34. The normalized spacial score (nSPS) is 22.4. The number of amides is 2. The van der Waals surface area contributed by atoms with E-state index in [0.717, 1.165) is 31.6 Å². The van der Waals surface area contributed by atoms with Gasteiger partial charge in [0.1, 0.15) is 0 Å². The van der Waals surface area contributed by atoms with Crippen molar-refractivity contribution < 1.29 is 4.79 Å². The van der Waals surface area contributed by atoms with Crippen molar-refractivity contribution in [2.24, 2.45) is 5.73 Å². The van der Waals surface area contributed by atoms with E-state index in [1.54, 1.807) is 4.90 Å². The summed E-state index contributed by atoms with van der Waals surface area (Å²) < 4.78 is 0. The first kappa shape index (κ1) is 13.4. The number of likely N-dealkylation sites (N-methyl/N-ethyl adjacent to an activating group) is 1. The van der Waals surface area contributed by atoms with Crippen LogP contribution in [0.25, 0.3) is 0 Å². The quantitative estimate of drug-likeness (QED) is 0.900. The number of nitrogens with zero attached hydrogens (tertiary/aromatic N) is 2. The van der Waals surface area contributed by atoms with Crippen molar-refractivity contribution in [3.05, 3.63) is 29.8 Å². The van der Waals surface area contributed by atoms with Crippen LogP contribution in [0, 0.1) is 0 Å². The number of carbonyl (C=O) groups excluding carboxylic acids is 1. The zero-order chi connectivity index (χ0) is 14.2. The molecule has 1 saturated heterocycles. The average Bonchev–Trinajstić information content (AvgIpc) is 2.80. The van der Waals surface area contributed by atoms with Crippen LogP contribution in [-0.2, 0) is 5.54 Å².